The number of carbonyl (C=O) groups excluding carboxylic acids is 1. The van der Waals surface area contributed by atoms with Gasteiger partial charge in [-0.05, 0) is 63.8 Å². The number of fused-ring (bicyclic) bond motifs is 1. The van der Waals surface area contributed by atoms with E-state index in [1.807, 2.05) is 26.0 Å². The van der Waals surface area contributed by atoms with Crippen LogP contribution >= 0.6 is 11.6 Å². The lowest BCUT2D eigenvalue weighted by Crippen LogP contribution is -2.51. The van der Waals surface area contributed by atoms with Gasteiger partial charge in [-0.25, -0.2) is 14.4 Å². The molecule has 1 aromatic heterocycles. The highest BCUT2D eigenvalue weighted by molar-refractivity contribution is 6.31. The predicted molar refractivity (Wildman–Crippen MR) is 139 cm³/mol. The lowest BCUT2D eigenvalue weighted by atomic mass is 9.96. The molecule has 0 bridgehead atoms. The maximum Gasteiger partial charge on any atom is 0.320 e. The number of hydrogen-bond donors (Lipinski definition) is 1. The molecule has 0 atom stereocenters. The van der Waals surface area contributed by atoms with Crippen LogP contribution in [0, 0.1) is 5.82 Å². The Labute approximate surface area is 220 Å². The van der Waals surface area contributed by atoms with Crippen LogP contribution < -0.4 is 14.8 Å². The fraction of sp³-hybridized carbons (Fsp3) is 0.444. The Bertz CT molecular complexity index is 1300. The number of anilines is 2. The number of rotatable bonds is 9. The number of aromatic nitrogens is 2. The van der Waals surface area contributed by atoms with Gasteiger partial charge in [0.2, 0.25) is 0 Å². The number of hydrogen-bond acceptors (Lipinski definition) is 8. The van der Waals surface area contributed by atoms with E-state index in [1.54, 1.807) is 6.07 Å². The molecule has 1 aliphatic heterocycles. The van der Waals surface area contributed by atoms with Gasteiger partial charge >= 0.3 is 5.97 Å². The van der Waals surface area contributed by atoms with E-state index in [0.29, 0.717) is 48.2 Å². The van der Waals surface area contributed by atoms with Crippen LogP contribution in [0.5, 0.6) is 11.5 Å². The van der Waals surface area contributed by atoms with E-state index in [-0.39, 0.29) is 23.6 Å². The smallest absolute Gasteiger partial charge is 0.320 e. The van der Waals surface area contributed by atoms with Crippen LogP contribution in [-0.4, -0.2) is 58.8 Å². The second-order valence-electron chi connectivity index (χ2n) is 10.1. The molecule has 0 spiro atoms. The van der Waals surface area contributed by atoms with Gasteiger partial charge in [0.15, 0.2) is 11.5 Å². The van der Waals surface area contributed by atoms with Crippen molar-refractivity contribution in [2.45, 2.75) is 51.2 Å². The van der Waals surface area contributed by atoms with Crippen LogP contribution in [0.1, 0.15) is 39.5 Å². The van der Waals surface area contributed by atoms with Crippen molar-refractivity contribution in [2.75, 3.05) is 31.6 Å². The Morgan fingerprint density at radius 1 is 1.22 bits per heavy atom. The molecule has 10 heteroatoms. The number of halogens is 2. The number of morpholine rings is 1. The monoisotopic (exact) mass is 528 g/mol. The highest BCUT2D eigenvalue weighted by atomic mass is 35.5. The largest absolute Gasteiger partial charge is 0.490 e. The number of benzene rings is 2. The zero-order valence-corrected chi connectivity index (χ0v) is 21.7. The van der Waals surface area contributed by atoms with Crippen molar-refractivity contribution >= 4 is 40.0 Å². The topological polar surface area (TPSA) is 85.8 Å². The van der Waals surface area contributed by atoms with E-state index in [2.05, 4.69) is 20.2 Å². The van der Waals surface area contributed by atoms with Crippen LogP contribution in [0.15, 0.2) is 36.7 Å². The lowest BCUT2D eigenvalue weighted by Gasteiger charge is -2.37. The van der Waals surface area contributed by atoms with Gasteiger partial charge in [0.25, 0.3) is 0 Å². The van der Waals surface area contributed by atoms with E-state index < -0.39 is 11.4 Å². The summed E-state index contributed by atoms with van der Waals surface area (Å²) in [5.41, 5.74) is 0.810. The van der Waals surface area contributed by atoms with Crippen molar-refractivity contribution in [3.8, 4) is 11.5 Å². The Morgan fingerprint density at radius 3 is 2.78 bits per heavy atom. The number of nitrogens with zero attached hydrogens (tertiary/aromatic N) is 3. The third kappa shape index (κ3) is 6.22. The molecule has 2 fully saturated rings. The third-order valence-electron chi connectivity index (χ3n) is 6.45. The van der Waals surface area contributed by atoms with Gasteiger partial charge in [0.1, 0.15) is 23.6 Å². The Kier molecular flexibility index (Phi) is 7.35. The first kappa shape index (κ1) is 25.5. The fourth-order valence-corrected chi connectivity index (χ4v) is 4.71. The van der Waals surface area contributed by atoms with Gasteiger partial charge in [-0.15, -0.1) is 0 Å². The minimum atomic E-state index is -0.490. The zero-order valence-electron chi connectivity index (χ0n) is 20.9. The summed E-state index contributed by atoms with van der Waals surface area (Å²) < 4.78 is 31.4. The summed E-state index contributed by atoms with van der Waals surface area (Å²) in [5, 5.41) is 3.96. The van der Waals surface area contributed by atoms with Gasteiger partial charge in [-0.2, -0.15) is 0 Å². The predicted octanol–water partition coefficient (Wildman–Crippen LogP) is 5.50. The highest BCUT2D eigenvalue weighted by Gasteiger charge is 2.32. The molecule has 2 aromatic carbocycles. The summed E-state index contributed by atoms with van der Waals surface area (Å²) in [6.45, 7) is 5.97. The van der Waals surface area contributed by atoms with Gasteiger partial charge in [-0.1, -0.05) is 11.6 Å². The van der Waals surface area contributed by atoms with E-state index in [4.69, 9.17) is 25.8 Å². The van der Waals surface area contributed by atoms with E-state index >= 15 is 0 Å². The van der Waals surface area contributed by atoms with E-state index in [0.717, 1.165) is 31.1 Å². The Balaban J connectivity index is 1.34. The molecule has 0 unspecified atom stereocenters. The highest BCUT2D eigenvalue weighted by Crippen LogP contribution is 2.38. The number of ether oxygens (including phenoxy) is 3. The first-order chi connectivity index (χ1) is 17.8. The van der Waals surface area contributed by atoms with Crippen LogP contribution in [0.25, 0.3) is 10.9 Å². The van der Waals surface area contributed by atoms with Crippen molar-refractivity contribution in [3.05, 3.63) is 47.5 Å². The summed E-state index contributed by atoms with van der Waals surface area (Å²) in [4.78, 5) is 22.8. The van der Waals surface area contributed by atoms with E-state index in [9.17, 15) is 9.18 Å². The molecule has 1 saturated heterocycles. The van der Waals surface area contributed by atoms with Crippen LogP contribution in [0.4, 0.5) is 15.9 Å². The third-order valence-corrected chi connectivity index (χ3v) is 6.74. The van der Waals surface area contributed by atoms with Gasteiger partial charge in [0.05, 0.1) is 29.8 Å². The summed E-state index contributed by atoms with van der Waals surface area (Å²) in [7, 11) is 0. The molecular formula is C27H30ClFN4O4. The second kappa shape index (κ2) is 10.7. The minimum Gasteiger partial charge on any atom is -0.490 e. The second-order valence-corrected chi connectivity index (χ2v) is 10.5. The number of esters is 1. The summed E-state index contributed by atoms with van der Waals surface area (Å²) >= 11 is 5.95. The van der Waals surface area contributed by atoms with Crippen molar-refractivity contribution in [2.24, 2.45) is 0 Å². The zero-order chi connectivity index (χ0) is 26.0. The van der Waals surface area contributed by atoms with Crippen molar-refractivity contribution < 1.29 is 23.4 Å². The van der Waals surface area contributed by atoms with Crippen molar-refractivity contribution in [3.63, 3.8) is 0 Å². The molecule has 2 heterocycles. The molecule has 0 amide bonds. The molecule has 5 rings (SSSR count). The SMILES string of the molecule is CC1(C)CN(CCCOc2cc3c(Nc4ccc(F)c(Cl)c4)ncnc3cc2OC2CCC2)CC(=O)O1. The maximum atomic E-state index is 13.6. The Morgan fingerprint density at radius 2 is 2.05 bits per heavy atom. The minimum absolute atomic E-state index is 0.0222. The van der Waals surface area contributed by atoms with Gasteiger partial charge < -0.3 is 19.5 Å². The summed E-state index contributed by atoms with van der Waals surface area (Å²) in [6.07, 6.45) is 5.55. The standard InChI is InChI=1S/C27H30ClFN4O4/c1-27(2)15-33(14-25(34)37-27)9-4-10-35-23-12-19-22(13-24(23)36-18-5-3-6-18)30-16-31-26(19)32-17-7-8-21(29)20(28)11-17/h7-8,11-13,16,18H,3-6,9-10,14-15H2,1-2H3,(H,30,31,32). The summed E-state index contributed by atoms with van der Waals surface area (Å²) in [6, 6.07) is 8.15. The molecule has 1 N–H and O–H groups in total. The van der Waals surface area contributed by atoms with Gasteiger partial charge in [-0.3, -0.25) is 9.69 Å². The molecule has 1 saturated carbocycles. The maximum absolute atomic E-state index is 13.6. The first-order valence-electron chi connectivity index (χ1n) is 12.5. The number of carbonyl (C=O) groups is 1. The Hall–Kier alpha value is -3.17. The van der Waals surface area contributed by atoms with Crippen molar-refractivity contribution in [1.82, 2.24) is 14.9 Å². The molecule has 196 valence electrons. The molecule has 1 aliphatic carbocycles. The molecule has 37 heavy (non-hydrogen) atoms. The van der Waals surface area contributed by atoms with Gasteiger partial charge in [0, 0.05) is 30.2 Å². The van der Waals surface area contributed by atoms with Crippen LogP contribution in [0.3, 0.4) is 0 Å². The number of cyclic esters (lactones) is 1. The summed E-state index contributed by atoms with van der Waals surface area (Å²) in [5.74, 6) is 1.10. The van der Waals surface area contributed by atoms with E-state index in [1.165, 1.54) is 18.5 Å². The molecule has 3 aromatic rings. The number of nitrogens with one attached hydrogen (secondary N) is 1. The molecule has 2 aliphatic rings. The first-order valence-corrected chi connectivity index (χ1v) is 12.9. The average molecular weight is 529 g/mol. The molecule has 8 nitrogen and oxygen atoms in total. The normalized spacial score (nSPS) is 17.8. The average Bonchev–Trinajstić information content (AvgIpc) is 2.80. The molecule has 0 radical (unpaired) electrons. The molecular weight excluding hydrogens is 499 g/mol. The van der Waals surface area contributed by atoms with Crippen molar-refractivity contribution in [1.29, 1.82) is 0 Å². The van der Waals surface area contributed by atoms with Crippen LogP contribution in [-0.2, 0) is 9.53 Å². The van der Waals surface area contributed by atoms with Crippen LogP contribution in [0.2, 0.25) is 5.02 Å². The lowest BCUT2D eigenvalue weighted by molar-refractivity contribution is -0.169. The fourth-order valence-electron chi connectivity index (χ4n) is 4.53. The quantitative estimate of drug-likeness (QED) is 0.288.